The molecule has 37 heavy (non-hydrogen) atoms. The highest BCUT2D eigenvalue weighted by atomic mass is 16.6. The van der Waals surface area contributed by atoms with Gasteiger partial charge in [0.15, 0.2) is 5.78 Å². The molecule has 2 aromatic rings. The van der Waals surface area contributed by atoms with Crippen LogP contribution in [0.3, 0.4) is 0 Å². The minimum absolute atomic E-state index is 0.0341. The van der Waals surface area contributed by atoms with E-state index in [-0.39, 0.29) is 29.5 Å². The van der Waals surface area contributed by atoms with Crippen LogP contribution in [-0.4, -0.2) is 35.6 Å². The van der Waals surface area contributed by atoms with Crippen molar-refractivity contribution in [1.29, 1.82) is 0 Å². The third kappa shape index (κ3) is 4.92. The first kappa shape index (κ1) is 24.9. The zero-order chi connectivity index (χ0) is 26.1. The molecular weight excluding hydrogens is 472 g/mol. The summed E-state index contributed by atoms with van der Waals surface area (Å²) < 4.78 is 11.1. The number of hydrogen-bond donors (Lipinski definition) is 0. The number of ketones is 1. The summed E-state index contributed by atoms with van der Waals surface area (Å²) in [5.74, 6) is -1.06. The Bertz CT molecular complexity index is 1270. The normalized spacial score (nSPS) is 23.9. The lowest BCUT2D eigenvalue weighted by molar-refractivity contribution is -0.384. The number of hydrogen-bond acceptors (Lipinski definition) is 7. The van der Waals surface area contributed by atoms with Gasteiger partial charge >= 0.3 is 5.97 Å². The lowest BCUT2D eigenvalue weighted by atomic mass is 9.69. The lowest BCUT2D eigenvalue weighted by Gasteiger charge is -2.37. The molecule has 1 aliphatic heterocycles. The summed E-state index contributed by atoms with van der Waals surface area (Å²) >= 11 is 0. The van der Waals surface area contributed by atoms with E-state index in [0.717, 1.165) is 37.0 Å². The Labute approximate surface area is 215 Å². The van der Waals surface area contributed by atoms with Gasteiger partial charge in [-0.05, 0) is 68.2 Å². The predicted octanol–water partition coefficient (Wildman–Crippen LogP) is 5.66. The van der Waals surface area contributed by atoms with E-state index < -0.39 is 16.8 Å². The van der Waals surface area contributed by atoms with Crippen molar-refractivity contribution >= 4 is 23.2 Å². The summed E-state index contributed by atoms with van der Waals surface area (Å²) in [7, 11) is 1.61. The quantitative estimate of drug-likeness (QED) is 0.286. The Morgan fingerprint density at radius 3 is 2.27 bits per heavy atom. The van der Waals surface area contributed by atoms with Gasteiger partial charge in [0.05, 0.1) is 12.0 Å². The van der Waals surface area contributed by atoms with Gasteiger partial charge in [0, 0.05) is 41.5 Å². The maximum absolute atomic E-state index is 13.7. The molecule has 192 valence electrons. The Morgan fingerprint density at radius 2 is 1.65 bits per heavy atom. The van der Waals surface area contributed by atoms with Crippen LogP contribution in [0.4, 0.5) is 5.69 Å². The molecule has 0 amide bonds. The Kier molecular flexibility index (Phi) is 6.91. The number of non-ortho nitro benzene ring substituents is 1. The van der Waals surface area contributed by atoms with Crippen LogP contribution in [0.2, 0.25) is 0 Å². The Morgan fingerprint density at radius 1 is 1.00 bits per heavy atom. The molecule has 8 heteroatoms. The van der Waals surface area contributed by atoms with Crippen LogP contribution >= 0.6 is 0 Å². The van der Waals surface area contributed by atoms with Gasteiger partial charge in [-0.2, -0.15) is 0 Å². The number of benzene rings is 2. The molecule has 0 radical (unpaired) electrons. The monoisotopic (exact) mass is 502 g/mol. The Hall–Kier alpha value is -3.81. The maximum atomic E-state index is 13.7. The fourth-order valence-electron chi connectivity index (χ4n) is 5.88. The van der Waals surface area contributed by atoms with Gasteiger partial charge in [-0.3, -0.25) is 24.7 Å². The van der Waals surface area contributed by atoms with E-state index in [0.29, 0.717) is 35.4 Å². The Balaban J connectivity index is 1.52. The average Bonchev–Trinajstić information content (AvgIpc) is 3.40. The van der Waals surface area contributed by atoms with E-state index in [9.17, 15) is 19.7 Å². The van der Waals surface area contributed by atoms with E-state index in [1.807, 2.05) is 31.2 Å². The molecule has 2 aromatic carbocycles. The molecular formula is C29H30N2O6. The molecule has 8 nitrogen and oxygen atoms in total. The van der Waals surface area contributed by atoms with Crippen molar-refractivity contribution in [3.63, 3.8) is 0 Å². The number of Topliss-reactive ketones (excluding diaryl/α,β-unsaturated/α-hetero) is 1. The number of carbonyl (C=O) groups is 2. The van der Waals surface area contributed by atoms with Crippen LogP contribution in [0.25, 0.3) is 0 Å². The summed E-state index contributed by atoms with van der Waals surface area (Å²) in [4.78, 5) is 42.8. The van der Waals surface area contributed by atoms with Crippen molar-refractivity contribution in [3.8, 4) is 5.75 Å². The molecule has 0 saturated heterocycles. The lowest BCUT2D eigenvalue weighted by Crippen LogP contribution is -2.39. The summed E-state index contributed by atoms with van der Waals surface area (Å²) in [5.41, 5.74) is 3.48. The van der Waals surface area contributed by atoms with Crippen molar-refractivity contribution in [1.82, 2.24) is 0 Å². The predicted molar refractivity (Wildman–Crippen MR) is 138 cm³/mol. The average molecular weight is 503 g/mol. The van der Waals surface area contributed by atoms with Crippen LogP contribution in [-0.2, 0) is 14.3 Å². The summed E-state index contributed by atoms with van der Waals surface area (Å²) in [5, 5.41) is 11.2. The number of allylic oxidation sites excluding steroid dienone is 2. The van der Waals surface area contributed by atoms with Gasteiger partial charge in [0.2, 0.25) is 0 Å². The van der Waals surface area contributed by atoms with Gasteiger partial charge in [0.1, 0.15) is 17.8 Å². The van der Waals surface area contributed by atoms with Crippen molar-refractivity contribution in [2.75, 3.05) is 7.11 Å². The SMILES string of the molecule is COc1ccc([C@@H]2CC(=O)C3=C(C2)N=C(C)C(C(=O)OC2CCCC2)[C@@H]3c2ccc([N+](=O)[O-])cc2)cc1. The van der Waals surface area contributed by atoms with Gasteiger partial charge < -0.3 is 9.47 Å². The minimum atomic E-state index is -0.748. The molecule has 3 aliphatic rings. The molecule has 1 unspecified atom stereocenters. The molecule has 0 spiro atoms. The van der Waals surface area contributed by atoms with Gasteiger partial charge in [0.25, 0.3) is 5.69 Å². The number of esters is 1. The first-order valence-corrected chi connectivity index (χ1v) is 12.8. The smallest absolute Gasteiger partial charge is 0.315 e. The molecule has 0 aromatic heterocycles. The number of nitro groups is 1. The number of ether oxygens (including phenoxy) is 2. The van der Waals surface area contributed by atoms with Crippen molar-refractivity contribution < 1.29 is 24.0 Å². The zero-order valence-electron chi connectivity index (χ0n) is 21.0. The molecule has 0 bridgehead atoms. The van der Waals surface area contributed by atoms with E-state index >= 15 is 0 Å². The molecule has 2 aliphatic carbocycles. The highest BCUT2D eigenvalue weighted by molar-refractivity contribution is 6.09. The summed E-state index contributed by atoms with van der Waals surface area (Å²) in [6, 6.07) is 13.8. The first-order chi connectivity index (χ1) is 17.9. The van der Waals surface area contributed by atoms with Crippen molar-refractivity contribution in [2.45, 2.75) is 63.4 Å². The maximum Gasteiger partial charge on any atom is 0.315 e. The van der Waals surface area contributed by atoms with E-state index in [4.69, 9.17) is 14.5 Å². The van der Waals surface area contributed by atoms with Crippen molar-refractivity contribution in [2.24, 2.45) is 10.9 Å². The molecule has 1 saturated carbocycles. The second-order valence-electron chi connectivity index (χ2n) is 10.1. The van der Waals surface area contributed by atoms with Crippen LogP contribution in [0.15, 0.2) is 64.8 Å². The second-order valence-corrected chi connectivity index (χ2v) is 10.1. The topological polar surface area (TPSA) is 108 Å². The molecule has 1 fully saturated rings. The highest BCUT2D eigenvalue weighted by Crippen LogP contribution is 2.47. The van der Waals surface area contributed by atoms with E-state index in [2.05, 4.69) is 0 Å². The number of nitro benzene ring substituents is 1. The fourth-order valence-corrected chi connectivity index (χ4v) is 5.88. The first-order valence-electron chi connectivity index (χ1n) is 12.8. The fraction of sp³-hybridized carbons (Fsp3) is 0.414. The summed E-state index contributed by atoms with van der Waals surface area (Å²) in [6.07, 6.45) is 4.49. The number of nitrogens with zero attached hydrogens (tertiary/aromatic N) is 2. The number of rotatable bonds is 6. The largest absolute Gasteiger partial charge is 0.497 e. The third-order valence-corrected chi connectivity index (χ3v) is 7.78. The van der Waals surface area contributed by atoms with E-state index in [1.54, 1.807) is 19.2 Å². The third-order valence-electron chi connectivity index (χ3n) is 7.78. The standard InChI is InChI=1S/C29H30N2O6/c1-17-26(29(33)37-23-5-3-4-6-23)27(19-7-11-21(12-8-19)31(34)35)28-24(30-17)15-20(16-25(28)32)18-9-13-22(36-2)14-10-18/h7-14,20,23,26-27H,3-6,15-16H2,1-2H3/t20-,26?,27-/m0/s1. The number of aliphatic imine (C=N–C) groups is 1. The van der Waals surface area contributed by atoms with Gasteiger partial charge in [-0.1, -0.05) is 24.3 Å². The van der Waals surface area contributed by atoms with E-state index in [1.165, 1.54) is 12.1 Å². The molecule has 3 atom stereocenters. The summed E-state index contributed by atoms with van der Waals surface area (Å²) in [6.45, 7) is 1.81. The molecule has 1 heterocycles. The zero-order valence-corrected chi connectivity index (χ0v) is 21.0. The molecule has 5 rings (SSSR count). The molecule has 0 N–H and O–H groups in total. The number of carbonyl (C=O) groups excluding carboxylic acids is 2. The number of methoxy groups -OCH3 is 1. The minimum Gasteiger partial charge on any atom is -0.497 e. The van der Waals surface area contributed by atoms with Crippen LogP contribution in [0.5, 0.6) is 5.75 Å². The van der Waals surface area contributed by atoms with Crippen LogP contribution in [0.1, 0.15) is 68.4 Å². The van der Waals surface area contributed by atoms with Gasteiger partial charge in [-0.15, -0.1) is 0 Å². The van der Waals surface area contributed by atoms with Gasteiger partial charge in [-0.25, -0.2) is 0 Å². The van der Waals surface area contributed by atoms with Crippen LogP contribution in [0, 0.1) is 16.0 Å². The van der Waals surface area contributed by atoms with Crippen molar-refractivity contribution in [3.05, 3.63) is 81.0 Å². The second kappa shape index (κ2) is 10.3. The van der Waals surface area contributed by atoms with Crippen LogP contribution < -0.4 is 4.74 Å². The highest BCUT2D eigenvalue weighted by Gasteiger charge is 2.45.